The van der Waals surface area contributed by atoms with Crippen molar-refractivity contribution in [3.05, 3.63) is 43.0 Å². The molecule has 1 aromatic carbocycles. The molecule has 0 aromatic heterocycles. The molecule has 0 fully saturated rings. The average Bonchev–Trinajstić information content (AvgIpc) is 2.19. The number of hydrogen-bond donors (Lipinski definition) is 2. The maximum absolute atomic E-state index is 5.13. The first kappa shape index (κ1) is 11.7. The number of hydrazine groups is 1. The summed E-state index contributed by atoms with van der Waals surface area (Å²) in [5.74, 6) is 0. The molecule has 3 nitrogen and oxygen atoms in total. The van der Waals surface area contributed by atoms with E-state index in [4.69, 9.17) is 12.2 Å². The molecule has 15 heavy (non-hydrogen) atoms. The van der Waals surface area contributed by atoms with E-state index in [9.17, 15) is 0 Å². The third-order valence-electron chi connectivity index (χ3n) is 1.73. The predicted molar refractivity (Wildman–Crippen MR) is 68.6 cm³/mol. The fraction of sp³-hybridized carbons (Fsp3) is 0.182. The summed E-state index contributed by atoms with van der Waals surface area (Å²) in [6.07, 6.45) is 1.80. The predicted octanol–water partition coefficient (Wildman–Crippen LogP) is 2.01. The number of nitrogens with zero attached hydrogens (tertiary/aromatic N) is 1. The molecule has 0 bridgehead atoms. The van der Waals surface area contributed by atoms with Gasteiger partial charge in [0.1, 0.15) is 0 Å². The molecule has 0 spiro atoms. The van der Waals surface area contributed by atoms with Gasteiger partial charge in [0.2, 0.25) is 0 Å². The first-order chi connectivity index (χ1) is 7.22. The lowest BCUT2D eigenvalue weighted by Gasteiger charge is -2.18. The van der Waals surface area contributed by atoms with Crippen LogP contribution in [0, 0.1) is 0 Å². The Bertz CT molecular complexity index is 324. The van der Waals surface area contributed by atoms with Crippen molar-refractivity contribution < 1.29 is 0 Å². The van der Waals surface area contributed by atoms with Crippen LogP contribution in [0.1, 0.15) is 0 Å². The van der Waals surface area contributed by atoms with Crippen LogP contribution in [0.4, 0.5) is 5.69 Å². The molecule has 1 rings (SSSR count). The molecular formula is C11H15N3S. The Balaban J connectivity index is 2.39. The van der Waals surface area contributed by atoms with Crippen LogP contribution in [0.15, 0.2) is 43.0 Å². The Morgan fingerprint density at radius 1 is 1.47 bits per heavy atom. The molecule has 0 heterocycles. The Kier molecular flexibility index (Phi) is 4.80. The maximum Gasteiger partial charge on any atom is 0.185 e. The highest BCUT2D eigenvalue weighted by atomic mass is 32.1. The molecule has 4 heteroatoms. The molecule has 2 N–H and O–H groups in total. The van der Waals surface area contributed by atoms with Crippen molar-refractivity contribution in [2.24, 2.45) is 0 Å². The van der Waals surface area contributed by atoms with Crippen molar-refractivity contribution in [2.45, 2.75) is 0 Å². The zero-order chi connectivity index (χ0) is 11.1. The highest BCUT2D eigenvalue weighted by molar-refractivity contribution is 7.80. The van der Waals surface area contributed by atoms with Gasteiger partial charge in [0.25, 0.3) is 0 Å². The normalized spacial score (nSPS) is 9.73. The summed E-state index contributed by atoms with van der Waals surface area (Å²) in [4.78, 5) is 0. The second-order valence-corrected chi connectivity index (χ2v) is 3.51. The molecule has 0 aliphatic carbocycles. The number of likely N-dealkylation sites (N-methyl/N-ethyl adjacent to an activating group) is 1. The maximum atomic E-state index is 5.13. The van der Waals surface area contributed by atoms with Gasteiger partial charge in [-0.1, -0.05) is 24.3 Å². The summed E-state index contributed by atoms with van der Waals surface area (Å²) in [6, 6.07) is 9.80. The zero-order valence-electron chi connectivity index (χ0n) is 8.73. The lowest BCUT2D eigenvalue weighted by Crippen LogP contribution is -2.41. The Morgan fingerprint density at radius 2 is 2.13 bits per heavy atom. The number of rotatable bonds is 4. The largest absolute Gasteiger partial charge is 0.332 e. The second-order valence-electron chi connectivity index (χ2n) is 3.10. The third-order valence-corrected chi connectivity index (χ3v) is 1.92. The van der Waals surface area contributed by atoms with Crippen molar-refractivity contribution in [3.8, 4) is 0 Å². The first-order valence-electron chi connectivity index (χ1n) is 4.67. The minimum absolute atomic E-state index is 0.575. The van der Waals surface area contributed by atoms with Gasteiger partial charge < -0.3 is 5.32 Å². The number of para-hydroxylation sites is 1. The summed E-state index contributed by atoms with van der Waals surface area (Å²) in [5, 5.41) is 5.50. The van der Waals surface area contributed by atoms with E-state index >= 15 is 0 Å². The van der Waals surface area contributed by atoms with E-state index in [0.29, 0.717) is 5.11 Å². The number of nitrogens with one attached hydrogen (secondary N) is 2. The summed E-state index contributed by atoms with van der Waals surface area (Å²) in [6.45, 7) is 4.38. The van der Waals surface area contributed by atoms with E-state index in [0.717, 1.165) is 12.2 Å². The van der Waals surface area contributed by atoms with Gasteiger partial charge in [0, 0.05) is 19.3 Å². The van der Waals surface area contributed by atoms with Crippen LogP contribution in [0.2, 0.25) is 0 Å². The van der Waals surface area contributed by atoms with E-state index < -0.39 is 0 Å². The van der Waals surface area contributed by atoms with Crippen LogP contribution in [0.3, 0.4) is 0 Å². The number of anilines is 1. The number of hydrogen-bond acceptors (Lipinski definition) is 2. The van der Waals surface area contributed by atoms with Crippen LogP contribution >= 0.6 is 12.2 Å². The third kappa shape index (κ3) is 4.58. The molecule has 0 atom stereocenters. The van der Waals surface area contributed by atoms with Crippen molar-refractivity contribution in [1.29, 1.82) is 0 Å². The minimum atomic E-state index is 0.575. The topological polar surface area (TPSA) is 27.3 Å². The summed E-state index contributed by atoms with van der Waals surface area (Å²) in [7, 11) is 1.90. The SMILES string of the molecule is C=CCN(C)NC(=S)Nc1ccccc1. The van der Waals surface area contributed by atoms with Crippen LogP contribution in [0.5, 0.6) is 0 Å². The van der Waals surface area contributed by atoms with Crippen molar-refractivity contribution in [3.63, 3.8) is 0 Å². The Morgan fingerprint density at radius 3 is 2.73 bits per heavy atom. The smallest absolute Gasteiger partial charge is 0.185 e. The van der Waals surface area contributed by atoms with Crippen LogP contribution in [0.25, 0.3) is 0 Å². The second kappa shape index (κ2) is 6.16. The molecule has 0 aliphatic rings. The number of thiocarbonyl (C=S) groups is 1. The van der Waals surface area contributed by atoms with Crippen LogP contribution < -0.4 is 10.7 Å². The summed E-state index contributed by atoms with van der Waals surface area (Å²) < 4.78 is 0. The van der Waals surface area contributed by atoms with Gasteiger partial charge in [-0.15, -0.1) is 6.58 Å². The van der Waals surface area contributed by atoms with Gasteiger partial charge in [-0.3, -0.25) is 5.43 Å². The standard InChI is InChI=1S/C11H15N3S/c1-3-9-14(2)13-11(15)12-10-7-5-4-6-8-10/h3-8H,1,9H2,2H3,(H2,12,13,15). The van der Waals surface area contributed by atoms with Crippen molar-refractivity contribution >= 4 is 23.0 Å². The van der Waals surface area contributed by atoms with Gasteiger partial charge >= 0.3 is 0 Å². The Hall–Kier alpha value is -1.39. The zero-order valence-corrected chi connectivity index (χ0v) is 9.55. The monoisotopic (exact) mass is 221 g/mol. The van der Waals surface area contributed by atoms with Gasteiger partial charge in [0.05, 0.1) is 0 Å². The summed E-state index contributed by atoms with van der Waals surface area (Å²) >= 11 is 5.13. The lowest BCUT2D eigenvalue weighted by molar-refractivity contribution is 0.328. The fourth-order valence-corrected chi connectivity index (χ4v) is 1.37. The molecule has 0 saturated heterocycles. The van der Waals surface area contributed by atoms with Gasteiger partial charge in [-0.05, 0) is 24.4 Å². The molecule has 80 valence electrons. The molecular weight excluding hydrogens is 206 g/mol. The minimum Gasteiger partial charge on any atom is -0.332 e. The first-order valence-corrected chi connectivity index (χ1v) is 5.08. The van der Waals surface area contributed by atoms with E-state index in [-0.39, 0.29) is 0 Å². The quantitative estimate of drug-likeness (QED) is 0.462. The molecule has 0 saturated carbocycles. The fourth-order valence-electron chi connectivity index (χ4n) is 1.09. The summed E-state index contributed by atoms with van der Waals surface area (Å²) in [5.41, 5.74) is 3.99. The van der Waals surface area contributed by atoms with E-state index in [1.165, 1.54) is 0 Å². The van der Waals surface area contributed by atoms with Gasteiger partial charge in [-0.25, -0.2) is 5.01 Å². The molecule has 0 unspecified atom stereocenters. The van der Waals surface area contributed by atoms with E-state index in [2.05, 4.69) is 17.3 Å². The highest BCUT2D eigenvalue weighted by Gasteiger charge is 1.98. The lowest BCUT2D eigenvalue weighted by atomic mass is 10.3. The van der Waals surface area contributed by atoms with Crippen molar-refractivity contribution in [1.82, 2.24) is 10.4 Å². The molecule has 0 aliphatic heterocycles. The van der Waals surface area contributed by atoms with E-state index in [1.54, 1.807) is 6.08 Å². The van der Waals surface area contributed by atoms with Gasteiger partial charge in [0.15, 0.2) is 5.11 Å². The highest BCUT2D eigenvalue weighted by Crippen LogP contribution is 2.04. The number of benzene rings is 1. The molecule has 0 amide bonds. The van der Waals surface area contributed by atoms with Gasteiger partial charge in [-0.2, -0.15) is 0 Å². The molecule has 0 radical (unpaired) electrons. The van der Waals surface area contributed by atoms with Crippen LogP contribution in [-0.2, 0) is 0 Å². The van der Waals surface area contributed by atoms with Crippen molar-refractivity contribution in [2.75, 3.05) is 18.9 Å². The average molecular weight is 221 g/mol. The Labute approximate surface area is 95.8 Å². The molecule has 1 aromatic rings. The van der Waals surface area contributed by atoms with E-state index in [1.807, 2.05) is 42.4 Å². The van der Waals surface area contributed by atoms with Crippen LogP contribution in [-0.4, -0.2) is 23.7 Å².